The molecule has 0 bridgehead atoms. The maximum absolute atomic E-state index is 13.3. The van der Waals surface area contributed by atoms with Crippen LogP contribution < -0.4 is 31.0 Å². The maximum Gasteiger partial charge on any atom is 0.313 e. The molecule has 1 aliphatic heterocycles. The van der Waals surface area contributed by atoms with Crippen molar-refractivity contribution in [1.29, 1.82) is 15.8 Å². The molecule has 6 aliphatic carbocycles. The van der Waals surface area contributed by atoms with E-state index >= 15 is 0 Å². The summed E-state index contributed by atoms with van der Waals surface area (Å²) >= 11 is 6.36. The van der Waals surface area contributed by atoms with Gasteiger partial charge in [0.1, 0.15) is 81.1 Å². The monoisotopic (exact) mass is 2110 g/mol. The first-order chi connectivity index (χ1) is 66.1. The molecular formula is C99H89BBr2F6IN20O9-. The van der Waals surface area contributed by atoms with E-state index in [4.69, 9.17) is 48.8 Å². The number of nitrogens with two attached hydrogens (primary N) is 1. The van der Waals surface area contributed by atoms with Crippen molar-refractivity contribution in [2.75, 3.05) is 16.3 Å². The second kappa shape index (κ2) is 44.8. The Balaban J connectivity index is 0.000000142. The van der Waals surface area contributed by atoms with Crippen molar-refractivity contribution in [2.45, 2.75) is 158 Å². The standard InChI is InChI=1S/C19H13FN6.C13H9BrFN3.C13H10FN3.C13H11FN2O2.C13H12FNO.C12H16BN3O2.C8H6BrFO.C5H8IN2.C3H4O3/c1-21-19(8-9-19)25-12-23-17(13-2-4-14(20)5-3-13)18(25)15-6-7-16-22-10-11-26(16)24-15;1-16-13(6-7-13)18-8-17-11(12(18)14)9-2-4-10(15)5-3-9;1-15-13(6-7-13)17-8-12(16-9-17)10-2-4-11(14)5-3-10;14-11-3-1-10(2-4-11)12(18)7-16(9-17)13(8-15)5-6-13;14-11-3-1-10(2-4-11)12(16)5-6-13(9-15)7-8-13;1-11(2)12(3,4)18-13(17-11)9-5-6-10-14-7-8-16(10)15-9;9-5-8(11)6-1-3-7(10)4-2-6;7-4-5(1-2-5)3-6-8;1-3(5)6-2-4/h2-7,10-12H,8-9H2;2-5,8H,6-7H2;2-5,8-9H,6-7H2;1-4,9H,5-7H2;1-4H,5-8H2;5-8H,1-4H3;1-4H,5H2;1-3,8H2;2H,1H3/q;;;;;;;-1;. The summed E-state index contributed by atoms with van der Waals surface area (Å²) in [4.78, 5) is 98.1. The van der Waals surface area contributed by atoms with Gasteiger partial charge in [-0.15, -0.1) is 0 Å². The number of aromatic nitrogens is 12. The van der Waals surface area contributed by atoms with Gasteiger partial charge in [-0.3, -0.25) is 57.0 Å². The Kier molecular flexibility index (Phi) is 33.4. The summed E-state index contributed by atoms with van der Waals surface area (Å²) in [5.41, 5.74) is 6.75. The largest absolute Gasteiger partial charge is 0.319 e. The molecule has 7 fully saturated rings. The van der Waals surface area contributed by atoms with Crippen LogP contribution in [-0.4, -0.2) is 139 Å². The number of esters is 1. The van der Waals surface area contributed by atoms with E-state index in [0.717, 1.165) is 131 Å². The number of rotatable bonds is 22. The summed E-state index contributed by atoms with van der Waals surface area (Å²) in [6.45, 7) is 31.3. The summed E-state index contributed by atoms with van der Waals surface area (Å²) in [5, 5.41) is 35.7. The number of imidazole rings is 5. The van der Waals surface area contributed by atoms with Crippen LogP contribution in [0.2, 0.25) is 0 Å². The minimum atomic E-state index is -0.808. The van der Waals surface area contributed by atoms with Crippen LogP contribution in [0.5, 0.6) is 0 Å². The molecule has 7 aromatic heterocycles. The summed E-state index contributed by atoms with van der Waals surface area (Å²) in [5.74, 6) is -2.84. The third-order valence-corrected chi connectivity index (χ3v) is 27.1. The van der Waals surface area contributed by atoms with Gasteiger partial charge in [-0.05, 0) is 246 Å². The van der Waals surface area contributed by atoms with Crippen molar-refractivity contribution in [2.24, 2.45) is 14.8 Å². The second-order valence-corrected chi connectivity index (χ2v) is 37.1. The number of hydrogen-bond acceptors (Lipinski definition) is 20. The number of halogens is 9. The smallest absolute Gasteiger partial charge is 0.313 e. The first-order valence-electron chi connectivity index (χ1n) is 43.1. The van der Waals surface area contributed by atoms with Gasteiger partial charge in [0, 0.05) is 77.7 Å². The van der Waals surface area contributed by atoms with Gasteiger partial charge >= 0.3 is 96.0 Å². The molecular weight excluding hydrogens is 2020 g/mol. The Morgan fingerprint density at radius 3 is 1.38 bits per heavy atom. The van der Waals surface area contributed by atoms with Crippen LogP contribution in [0.25, 0.3) is 71.0 Å². The van der Waals surface area contributed by atoms with Gasteiger partial charge in [0.2, 0.25) is 6.41 Å². The fraction of sp³-hybridized carbons (Fsp3) is 0.303. The molecule has 20 rings (SSSR count). The number of nitrogens with zero attached hydrogens (tertiary/aromatic N) is 19. The molecule has 1 saturated heterocycles. The zero-order valence-electron chi connectivity index (χ0n) is 75.2. The molecule has 13 aromatic rings. The van der Waals surface area contributed by atoms with Crippen LogP contribution in [0.15, 0.2) is 224 Å². The summed E-state index contributed by atoms with van der Waals surface area (Å²) < 4.78 is 109. The molecule has 1 amide bonds. The van der Waals surface area contributed by atoms with E-state index in [-0.39, 0.29) is 108 Å². The van der Waals surface area contributed by atoms with Crippen LogP contribution in [0, 0.1) is 99.4 Å². The van der Waals surface area contributed by atoms with Gasteiger partial charge in [-0.1, -0.05) is 15.9 Å². The molecule has 0 radical (unpaired) electrons. The van der Waals surface area contributed by atoms with Crippen molar-refractivity contribution >= 4 is 92.1 Å². The van der Waals surface area contributed by atoms with Crippen molar-refractivity contribution in [3.63, 3.8) is 0 Å². The van der Waals surface area contributed by atoms with Gasteiger partial charge in [-0.25, -0.2) is 80.0 Å². The van der Waals surface area contributed by atoms with E-state index in [1.165, 1.54) is 114 Å². The van der Waals surface area contributed by atoms with Crippen LogP contribution in [0.1, 0.15) is 156 Å². The fourth-order valence-corrected chi connectivity index (χ4v) is 16.6. The van der Waals surface area contributed by atoms with E-state index in [1.54, 1.807) is 83.0 Å². The number of ketones is 3. The Hall–Kier alpha value is -14.0. The average molecular weight is 2110 g/mol. The minimum absolute atomic E-state index is 0.0125. The van der Waals surface area contributed by atoms with Crippen molar-refractivity contribution in [1.82, 2.24) is 62.7 Å². The molecule has 138 heavy (non-hydrogen) atoms. The second-order valence-electron chi connectivity index (χ2n) is 34.1. The number of benzene rings is 6. The molecule has 0 atom stereocenters. The molecule has 8 heterocycles. The molecule has 29 nitrogen and oxygen atoms in total. The molecule has 39 heteroatoms. The van der Waals surface area contributed by atoms with Crippen LogP contribution in [0.3, 0.4) is 0 Å². The molecule has 7 aliphatic rings. The number of nitriles is 3. The number of Topliss-reactive ketones (excluding diaryl/α,β-unsaturated/α-hetero) is 3. The Morgan fingerprint density at radius 1 is 0.529 bits per heavy atom. The predicted molar refractivity (Wildman–Crippen MR) is 500 cm³/mol. The molecule has 6 aromatic carbocycles. The van der Waals surface area contributed by atoms with Crippen molar-refractivity contribution in [3.05, 3.63) is 310 Å². The first kappa shape index (κ1) is 103. The number of carbonyl (C=O) groups excluding carboxylic acids is 6. The molecule has 6 saturated carbocycles. The molecule has 706 valence electrons. The Bertz CT molecular complexity index is 6800. The Morgan fingerprint density at radius 2 is 0.964 bits per heavy atom. The first-order valence-corrected chi connectivity index (χ1v) is 47.8. The van der Waals surface area contributed by atoms with E-state index < -0.39 is 41.4 Å². The van der Waals surface area contributed by atoms with Crippen molar-refractivity contribution < 1.29 is 90.6 Å². The number of amides is 1. The van der Waals surface area contributed by atoms with Crippen LogP contribution in [0.4, 0.5) is 26.3 Å². The summed E-state index contributed by atoms with van der Waals surface area (Å²) in [6, 6.07) is 48.9. The van der Waals surface area contributed by atoms with Gasteiger partial charge in [-0.2, -0.15) is 20.7 Å². The Labute approximate surface area is 818 Å². The van der Waals surface area contributed by atoms with E-state index in [9.17, 15) is 55.1 Å². The number of ether oxygens (including phenoxy) is 1. The average Bonchev–Trinajstić information content (AvgIpc) is 1.56. The fourth-order valence-electron chi connectivity index (χ4n) is 13.7. The van der Waals surface area contributed by atoms with Crippen LogP contribution in [-0.2, 0) is 45.4 Å². The van der Waals surface area contributed by atoms with Gasteiger partial charge in [0.15, 0.2) is 28.6 Å². The SMILES string of the molecule is CC(=O)OC=O.CC1(C)OB(c2ccc3nccn3n2)OC1(C)C.N#CC1(CCC(=O)c2ccc(F)cc2)CC1.N#CC1(C[I-]N)CC1.N#CC1(N(C=O)CC(=O)c2ccc(F)cc2)CC1.O=C(CBr)c1ccc(F)cc1.[C-]#[N+]C1(n2cnc(-c3ccc(F)cc3)c2)CC1.[C-]#[N+]C1(n2cnc(-c3ccc(F)cc3)c2-c2ccc3nccn3n2)CC1.[C-]#[N+]C1(n2cnc(-c3ccc(F)cc3)c2Br)CC1. The molecule has 2 N–H and O–H groups in total. The molecule has 0 spiro atoms. The number of alkyl halides is 2. The minimum Gasteiger partial charge on any atom is -0.319 e. The predicted octanol–water partition coefficient (Wildman–Crippen LogP) is 15.6. The number of fused-ring (bicyclic) bond motifs is 2. The third kappa shape index (κ3) is 25.8. The van der Waals surface area contributed by atoms with Gasteiger partial charge < -0.3 is 18.9 Å². The van der Waals surface area contributed by atoms with E-state index in [0.29, 0.717) is 60.2 Å². The third-order valence-electron chi connectivity index (χ3n) is 23.9. The van der Waals surface area contributed by atoms with Crippen molar-refractivity contribution in [3.8, 4) is 63.4 Å². The molecule has 0 unspecified atom stereocenters. The summed E-state index contributed by atoms with van der Waals surface area (Å²) in [6.07, 6.45) is 25.7. The van der Waals surface area contributed by atoms with Crippen LogP contribution >= 0.6 is 31.9 Å². The zero-order valence-corrected chi connectivity index (χ0v) is 80.5. The number of carbonyl (C=O) groups is 6. The number of hydrogen-bond donors (Lipinski definition) is 1. The zero-order chi connectivity index (χ0) is 99.4. The van der Waals surface area contributed by atoms with E-state index in [1.807, 2.05) is 78.1 Å². The maximum atomic E-state index is 13.3. The topological polar surface area (TPSA) is 358 Å². The normalized spacial score (nSPS) is 16.1. The van der Waals surface area contributed by atoms with Gasteiger partial charge in [0.05, 0.1) is 96.1 Å². The quantitative estimate of drug-likeness (QED) is 0.00629. The van der Waals surface area contributed by atoms with E-state index in [2.05, 4.69) is 104 Å². The van der Waals surface area contributed by atoms with Gasteiger partial charge in [0.25, 0.3) is 0 Å². The summed E-state index contributed by atoms with van der Waals surface area (Å²) in [7, 11) is -0.429.